The van der Waals surface area contributed by atoms with E-state index in [4.69, 9.17) is 4.98 Å². The Morgan fingerprint density at radius 3 is 2.40 bits per heavy atom. The zero-order valence-corrected chi connectivity index (χ0v) is 23.0. The molecule has 0 fully saturated rings. The van der Waals surface area contributed by atoms with E-state index in [1.807, 2.05) is 28.9 Å². The van der Waals surface area contributed by atoms with Crippen molar-refractivity contribution in [2.45, 2.75) is 53.4 Å². The molecule has 3 heterocycles. The first-order valence-corrected chi connectivity index (χ1v) is 14.1. The number of thiophene rings is 2. The van der Waals surface area contributed by atoms with Crippen molar-refractivity contribution in [3.63, 3.8) is 0 Å². The van der Waals surface area contributed by atoms with Gasteiger partial charge in [0.05, 0.1) is 5.69 Å². The van der Waals surface area contributed by atoms with Crippen molar-refractivity contribution in [3.8, 4) is 11.3 Å². The third-order valence-corrected chi connectivity index (χ3v) is 9.55. The molecule has 6 aromatic rings. The Morgan fingerprint density at radius 1 is 0.857 bits per heavy atom. The van der Waals surface area contributed by atoms with Crippen LogP contribution in [0.4, 0.5) is 0 Å². The van der Waals surface area contributed by atoms with Gasteiger partial charge < -0.3 is 0 Å². The van der Waals surface area contributed by atoms with Crippen LogP contribution in [-0.2, 0) is 11.8 Å². The van der Waals surface area contributed by atoms with Crippen LogP contribution >= 0.6 is 22.7 Å². The number of aromatic nitrogens is 1. The van der Waals surface area contributed by atoms with E-state index in [1.165, 1.54) is 62.6 Å². The fourth-order valence-electron chi connectivity index (χ4n) is 5.38. The van der Waals surface area contributed by atoms with Crippen molar-refractivity contribution in [2.24, 2.45) is 5.92 Å². The third-order valence-electron chi connectivity index (χ3n) is 7.09. The van der Waals surface area contributed by atoms with Gasteiger partial charge in [-0.1, -0.05) is 65.0 Å². The Kier molecular flexibility index (Phi) is 5.28. The fraction of sp³-hybridized carbons (Fsp3) is 0.281. The predicted molar refractivity (Wildman–Crippen MR) is 157 cm³/mol. The molecule has 176 valence electrons. The van der Waals surface area contributed by atoms with Gasteiger partial charge in [0.2, 0.25) is 0 Å². The van der Waals surface area contributed by atoms with Gasteiger partial charge in [-0.15, -0.1) is 22.7 Å². The molecule has 0 N–H and O–H groups in total. The number of rotatable bonds is 3. The summed E-state index contributed by atoms with van der Waals surface area (Å²) in [6.07, 6.45) is 3.12. The van der Waals surface area contributed by atoms with Crippen molar-refractivity contribution < 1.29 is 0 Å². The number of aryl methyl sites for hydroxylation is 1. The molecule has 0 spiro atoms. The Hall–Kier alpha value is -2.75. The number of fused-ring (bicyclic) bond motifs is 6. The summed E-state index contributed by atoms with van der Waals surface area (Å²) >= 11 is 3.89. The number of hydrogen-bond acceptors (Lipinski definition) is 3. The SMILES string of the molecule is Cc1c(CC(C)C)sc2c1ccc1sc3ccnc(-c4cc(C(C)(C)C)c5ccccc5c4)c3c12. The van der Waals surface area contributed by atoms with E-state index < -0.39 is 0 Å². The Labute approximate surface area is 215 Å². The van der Waals surface area contributed by atoms with E-state index in [1.54, 1.807) is 0 Å². The topological polar surface area (TPSA) is 12.9 Å². The first kappa shape index (κ1) is 22.7. The van der Waals surface area contributed by atoms with Crippen molar-refractivity contribution in [1.82, 2.24) is 4.98 Å². The van der Waals surface area contributed by atoms with Crippen LogP contribution in [0.3, 0.4) is 0 Å². The molecule has 35 heavy (non-hydrogen) atoms. The van der Waals surface area contributed by atoms with E-state index in [0.29, 0.717) is 5.92 Å². The maximum Gasteiger partial charge on any atom is 0.0795 e. The molecule has 0 aliphatic heterocycles. The molecule has 0 radical (unpaired) electrons. The summed E-state index contributed by atoms with van der Waals surface area (Å²) in [4.78, 5) is 6.55. The van der Waals surface area contributed by atoms with Gasteiger partial charge in [0, 0.05) is 41.5 Å². The molecule has 0 saturated carbocycles. The summed E-state index contributed by atoms with van der Waals surface area (Å²) in [5.41, 5.74) is 5.19. The van der Waals surface area contributed by atoms with Crippen LogP contribution in [-0.4, -0.2) is 4.98 Å². The molecule has 1 nitrogen and oxygen atoms in total. The fourth-order valence-corrected chi connectivity index (χ4v) is 8.12. The minimum absolute atomic E-state index is 0.0457. The first-order valence-electron chi connectivity index (χ1n) is 12.5. The van der Waals surface area contributed by atoms with Crippen molar-refractivity contribution in [2.75, 3.05) is 0 Å². The molecule has 3 heteroatoms. The van der Waals surface area contributed by atoms with Crippen LogP contribution in [0.25, 0.3) is 52.3 Å². The lowest BCUT2D eigenvalue weighted by atomic mass is 9.82. The summed E-state index contributed by atoms with van der Waals surface area (Å²) in [5, 5.41) is 6.72. The first-order chi connectivity index (χ1) is 16.7. The zero-order chi connectivity index (χ0) is 24.5. The molecule has 0 bridgehead atoms. The standard InChI is InChI=1S/C32H31NS2/c1-18(2)15-27-19(3)22-11-12-25-29(31(22)35-27)28-26(34-25)13-14-33-30(28)21-16-20-9-7-8-10-23(20)24(17-21)32(4,5)6/h7-14,16-18H,15H2,1-6H3. The maximum absolute atomic E-state index is 5.03. The highest BCUT2D eigenvalue weighted by Crippen LogP contribution is 2.46. The van der Waals surface area contributed by atoms with E-state index in [2.05, 4.69) is 96.1 Å². The molecular weight excluding hydrogens is 462 g/mol. The van der Waals surface area contributed by atoms with E-state index in [0.717, 1.165) is 12.1 Å². The lowest BCUT2D eigenvalue weighted by molar-refractivity contribution is 0.596. The number of hydrogen-bond donors (Lipinski definition) is 0. The molecule has 0 unspecified atom stereocenters. The van der Waals surface area contributed by atoms with Crippen LogP contribution in [0.5, 0.6) is 0 Å². The molecule has 3 aromatic carbocycles. The summed E-state index contributed by atoms with van der Waals surface area (Å²) < 4.78 is 4.10. The second-order valence-electron chi connectivity index (χ2n) is 11.2. The highest BCUT2D eigenvalue weighted by Gasteiger charge is 2.22. The number of benzene rings is 3. The minimum atomic E-state index is 0.0457. The molecule has 0 saturated heterocycles. The highest BCUT2D eigenvalue weighted by atomic mass is 32.1. The predicted octanol–water partition coefficient (Wildman–Crippen LogP) is 10.3. The van der Waals surface area contributed by atoms with Gasteiger partial charge in [-0.2, -0.15) is 0 Å². The monoisotopic (exact) mass is 493 g/mol. The lowest BCUT2D eigenvalue weighted by Crippen LogP contribution is -2.12. The normalized spacial score (nSPS) is 12.7. The van der Waals surface area contributed by atoms with Gasteiger partial charge in [0.15, 0.2) is 0 Å². The molecule has 6 rings (SSSR count). The molecule has 0 aliphatic rings. The van der Waals surface area contributed by atoms with Crippen molar-refractivity contribution in [3.05, 3.63) is 76.8 Å². The highest BCUT2D eigenvalue weighted by molar-refractivity contribution is 7.27. The second kappa shape index (κ2) is 8.15. The van der Waals surface area contributed by atoms with Crippen LogP contribution in [0.2, 0.25) is 0 Å². The summed E-state index contributed by atoms with van der Waals surface area (Å²) in [6, 6.07) is 20.3. The van der Waals surface area contributed by atoms with Crippen LogP contribution in [0.15, 0.2) is 60.8 Å². The molecule has 0 aliphatic carbocycles. The van der Waals surface area contributed by atoms with Crippen LogP contribution < -0.4 is 0 Å². The molecule has 0 atom stereocenters. The van der Waals surface area contributed by atoms with Gasteiger partial charge in [-0.05, 0) is 76.2 Å². The average Bonchev–Trinajstić information content (AvgIpc) is 3.34. The zero-order valence-electron chi connectivity index (χ0n) is 21.3. The van der Waals surface area contributed by atoms with E-state index in [9.17, 15) is 0 Å². The Bertz CT molecular complexity index is 1740. The molecule has 3 aromatic heterocycles. The number of nitrogens with zero attached hydrogens (tertiary/aromatic N) is 1. The van der Waals surface area contributed by atoms with Gasteiger partial charge in [0.25, 0.3) is 0 Å². The maximum atomic E-state index is 5.03. The molecule has 0 amide bonds. The summed E-state index contributed by atoms with van der Waals surface area (Å²) in [6.45, 7) is 13.8. The van der Waals surface area contributed by atoms with Crippen LogP contribution in [0.1, 0.15) is 50.6 Å². The van der Waals surface area contributed by atoms with Crippen molar-refractivity contribution in [1.29, 1.82) is 0 Å². The van der Waals surface area contributed by atoms with Gasteiger partial charge >= 0.3 is 0 Å². The van der Waals surface area contributed by atoms with Gasteiger partial charge in [-0.3, -0.25) is 4.98 Å². The number of pyridine rings is 1. The van der Waals surface area contributed by atoms with E-state index >= 15 is 0 Å². The van der Waals surface area contributed by atoms with Gasteiger partial charge in [-0.25, -0.2) is 0 Å². The largest absolute Gasteiger partial charge is 0.256 e. The lowest BCUT2D eigenvalue weighted by Gasteiger charge is -2.23. The third kappa shape index (κ3) is 3.68. The summed E-state index contributed by atoms with van der Waals surface area (Å²) in [7, 11) is 0. The Balaban J connectivity index is 1.71. The molecular formula is C32H31NS2. The summed E-state index contributed by atoms with van der Waals surface area (Å²) in [5.74, 6) is 0.655. The smallest absolute Gasteiger partial charge is 0.0795 e. The minimum Gasteiger partial charge on any atom is -0.256 e. The van der Waals surface area contributed by atoms with Crippen LogP contribution in [0, 0.1) is 12.8 Å². The Morgan fingerprint density at radius 2 is 1.63 bits per heavy atom. The quantitative estimate of drug-likeness (QED) is 0.239. The van der Waals surface area contributed by atoms with E-state index in [-0.39, 0.29) is 5.41 Å². The second-order valence-corrected chi connectivity index (χ2v) is 13.4. The van der Waals surface area contributed by atoms with Crippen molar-refractivity contribution >= 4 is 63.7 Å². The van der Waals surface area contributed by atoms with Gasteiger partial charge in [0.1, 0.15) is 0 Å². The average molecular weight is 494 g/mol.